The largest absolute Gasteiger partial charge is 0.355 e. The minimum atomic E-state index is 0.476. The molecule has 1 saturated heterocycles. The summed E-state index contributed by atoms with van der Waals surface area (Å²) in [6.07, 6.45) is 4.70. The van der Waals surface area contributed by atoms with E-state index in [-0.39, 0.29) is 0 Å². The first-order valence-corrected chi connectivity index (χ1v) is 7.72. The van der Waals surface area contributed by atoms with Crippen LogP contribution in [0.25, 0.3) is 0 Å². The summed E-state index contributed by atoms with van der Waals surface area (Å²) in [4.78, 5) is 10.8. The average Bonchev–Trinajstić information content (AvgIpc) is 2.84. The van der Waals surface area contributed by atoms with Gasteiger partial charge in [-0.05, 0) is 24.8 Å². The number of anilines is 1. The Morgan fingerprint density at radius 3 is 3.00 bits per heavy atom. The van der Waals surface area contributed by atoms with Gasteiger partial charge < -0.3 is 9.42 Å². The van der Waals surface area contributed by atoms with Crippen LogP contribution in [0.15, 0.2) is 16.8 Å². The zero-order valence-electron chi connectivity index (χ0n) is 11.7. The fourth-order valence-corrected chi connectivity index (χ4v) is 3.25. The van der Waals surface area contributed by atoms with E-state index in [2.05, 4.69) is 20.0 Å². The van der Waals surface area contributed by atoms with Crippen LogP contribution in [0.4, 0.5) is 5.82 Å². The maximum Gasteiger partial charge on any atom is 0.223 e. The van der Waals surface area contributed by atoms with Crippen molar-refractivity contribution < 1.29 is 4.52 Å². The van der Waals surface area contributed by atoms with E-state index in [0.29, 0.717) is 21.9 Å². The van der Waals surface area contributed by atoms with Crippen LogP contribution >= 0.6 is 23.2 Å². The van der Waals surface area contributed by atoms with E-state index in [1.165, 1.54) is 0 Å². The molecular weight excluding hydrogens is 311 g/mol. The zero-order chi connectivity index (χ0) is 14.8. The Balaban J connectivity index is 1.70. The van der Waals surface area contributed by atoms with Gasteiger partial charge in [0.15, 0.2) is 5.82 Å². The summed E-state index contributed by atoms with van der Waals surface area (Å²) < 4.78 is 5.03. The summed E-state index contributed by atoms with van der Waals surface area (Å²) in [6, 6.07) is 1.73. The van der Waals surface area contributed by atoms with Crippen LogP contribution in [0, 0.1) is 12.8 Å². The van der Waals surface area contributed by atoms with Crippen LogP contribution in [0.3, 0.4) is 0 Å². The fourth-order valence-electron chi connectivity index (χ4n) is 2.75. The lowest BCUT2D eigenvalue weighted by molar-refractivity contribution is 0.369. The third kappa shape index (κ3) is 3.47. The van der Waals surface area contributed by atoms with E-state index in [1.54, 1.807) is 19.2 Å². The van der Waals surface area contributed by atoms with E-state index >= 15 is 0 Å². The minimum absolute atomic E-state index is 0.476. The Morgan fingerprint density at radius 2 is 2.29 bits per heavy atom. The SMILES string of the molecule is Cc1nc(C[C@@H]2CCCN(c3ncc(Cl)cc3Cl)C2)no1. The van der Waals surface area contributed by atoms with Crippen molar-refractivity contribution in [2.75, 3.05) is 18.0 Å². The van der Waals surface area contributed by atoms with Crippen molar-refractivity contribution in [1.29, 1.82) is 0 Å². The summed E-state index contributed by atoms with van der Waals surface area (Å²) >= 11 is 12.1. The molecule has 0 bridgehead atoms. The number of piperidine rings is 1. The molecule has 5 nitrogen and oxygen atoms in total. The molecule has 1 aliphatic heterocycles. The summed E-state index contributed by atoms with van der Waals surface area (Å²) in [5.74, 6) is 2.66. The van der Waals surface area contributed by atoms with Gasteiger partial charge in [-0.1, -0.05) is 28.4 Å². The molecule has 3 heterocycles. The second-order valence-electron chi connectivity index (χ2n) is 5.35. The van der Waals surface area contributed by atoms with Gasteiger partial charge in [0.2, 0.25) is 5.89 Å². The van der Waals surface area contributed by atoms with Gasteiger partial charge in [-0.3, -0.25) is 0 Å². The molecule has 0 aliphatic carbocycles. The molecule has 112 valence electrons. The highest BCUT2D eigenvalue weighted by Crippen LogP contribution is 2.30. The molecule has 0 unspecified atom stereocenters. The maximum absolute atomic E-state index is 6.25. The Morgan fingerprint density at radius 1 is 1.43 bits per heavy atom. The highest BCUT2D eigenvalue weighted by atomic mass is 35.5. The predicted octanol–water partition coefficient (Wildman–Crippen LogP) is 3.54. The lowest BCUT2D eigenvalue weighted by Crippen LogP contribution is -2.37. The van der Waals surface area contributed by atoms with E-state index in [0.717, 1.165) is 44.0 Å². The topological polar surface area (TPSA) is 55.1 Å². The first-order valence-electron chi connectivity index (χ1n) is 6.97. The van der Waals surface area contributed by atoms with E-state index < -0.39 is 0 Å². The van der Waals surface area contributed by atoms with Gasteiger partial charge in [-0.25, -0.2) is 4.98 Å². The third-order valence-electron chi connectivity index (χ3n) is 3.65. The van der Waals surface area contributed by atoms with Crippen molar-refractivity contribution in [2.24, 2.45) is 5.92 Å². The lowest BCUT2D eigenvalue weighted by Gasteiger charge is -2.33. The van der Waals surface area contributed by atoms with Crippen molar-refractivity contribution in [3.8, 4) is 0 Å². The van der Waals surface area contributed by atoms with Crippen molar-refractivity contribution in [3.05, 3.63) is 34.0 Å². The van der Waals surface area contributed by atoms with Gasteiger partial charge >= 0.3 is 0 Å². The first kappa shape index (κ1) is 14.6. The average molecular weight is 327 g/mol. The van der Waals surface area contributed by atoms with Crippen molar-refractivity contribution in [2.45, 2.75) is 26.2 Å². The number of rotatable bonds is 3. The second-order valence-corrected chi connectivity index (χ2v) is 6.19. The Labute approximate surface area is 133 Å². The number of hydrogen-bond donors (Lipinski definition) is 0. The second kappa shape index (κ2) is 6.20. The molecule has 0 amide bonds. The van der Waals surface area contributed by atoms with Crippen LogP contribution in [-0.4, -0.2) is 28.2 Å². The molecule has 1 fully saturated rings. The Kier molecular flexibility index (Phi) is 4.31. The number of aromatic nitrogens is 3. The number of halogens is 2. The molecule has 2 aromatic heterocycles. The fraction of sp³-hybridized carbons (Fsp3) is 0.500. The molecule has 2 aromatic rings. The number of pyridine rings is 1. The van der Waals surface area contributed by atoms with Gasteiger partial charge in [0.25, 0.3) is 0 Å². The van der Waals surface area contributed by atoms with Gasteiger partial charge in [0.1, 0.15) is 5.82 Å². The monoisotopic (exact) mass is 326 g/mol. The lowest BCUT2D eigenvalue weighted by atomic mass is 9.94. The van der Waals surface area contributed by atoms with Crippen molar-refractivity contribution in [3.63, 3.8) is 0 Å². The zero-order valence-corrected chi connectivity index (χ0v) is 13.2. The maximum atomic E-state index is 6.25. The van der Waals surface area contributed by atoms with Crippen LogP contribution in [-0.2, 0) is 6.42 Å². The van der Waals surface area contributed by atoms with Crippen LogP contribution in [0.2, 0.25) is 10.0 Å². The third-order valence-corrected chi connectivity index (χ3v) is 4.13. The molecule has 0 N–H and O–H groups in total. The Bertz CT molecular complexity index is 631. The highest BCUT2D eigenvalue weighted by molar-refractivity contribution is 6.36. The van der Waals surface area contributed by atoms with Crippen LogP contribution in [0.1, 0.15) is 24.6 Å². The van der Waals surface area contributed by atoms with Gasteiger partial charge in [-0.2, -0.15) is 4.98 Å². The minimum Gasteiger partial charge on any atom is -0.355 e. The van der Waals surface area contributed by atoms with Gasteiger partial charge in [0, 0.05) is 32.6 Å². The molecule has 0 saturated carbocycles. The number of nitrogens with zero attached hydrogens (tertiary/aromatic N) is 4. The molecule has 21 heavy (non-hydrogen) atoms. The molecule has 1 atom stereocenters. The summed E-state index contributed by atoms with van der Waals surface area (Å²) in [7, 11) is 0. The number of hydrogen-bond acceptors (Lipinski definition) is 5. The van der Waals surface area contributed by atoms with Gasteiger partial charge in [0.05, 0.1) is 10.0 Å². The highest BCUT2D eigenvalue weighted by Gasteiger charge is 2.24. The van der Waals surface area contributed by atoms with Gasteiger partial charge in [-0.15, -0.1) is 0 Å². The van der Waals surface area contributed by atoms with Crippen LogP contribution in [0.5, 0.6) is 0 Å². The Hall–Kier alpha value is -1.33. The van der Waals surface area contributed by atoms with Crippen molar-refractivity contribution in [1.82, 2.24) is 15.1 Å². The standard InChI is InChI=1S/C14H16Cl2N4O/c1-9-18-13(19-21-9)5-10-3-2-4-20(8-10)14-12(16)6-11(15)7-17-14/h6-7,10H,2-5,8H2,1H3/t10-/m0/s1. The summed E-state index contributed by atoms with van der Waals surface area (Å²) in [5, 5.41) is 5.12. The molecule has 0 radical (unpaired) electrons. The summed E-state index contributed by atoms with van der Waals surface area (Å²) in [6.45, 7) is 3.65. The molecule has 0 spiro atoms. The molecule has 3 rings (SSSR count). The van der Waals surface area contributed by atoms with Crippen molar-refractivity contribution >= 4 is 29.0 Å². The molecule has 1 aliphatic rings. The van der Waals surface area contributed by atoms with E-state index in [1.807, 2.05) is 0 Å². The summed E-state index contributed by atoms with van der Waals surface area (Å²) in [5.41, 5.74) is 0. The smallest absolute Gasteiger partial charge is 0.223 e. The molecule has 7 heteroatoms. The van der Waals surface area contributed by atoms with E-state index in [4.69, 9.17) is 27.7 Å². The van der Waals surface area contributed by atoms with E-state index in [9.17, 15) is 0 Å². The van der Waals surface area contributed by atoms with Crippen LogP contribution < -0.4 is 4.90 Å². The normalized spacial score (nSPS) is 19.0. The first-order chi connectivity index (χ1) is 10.1. The molecule has 0 aromatic carbocycles. The predicted molar refractivity (Wildman–Crippen MR) is 81.9 cm³/mol. The quantitative estimate of drug-likeness (QED) is 0.863. The molecular formula is C14H16Cl2N4O. The number of aryl methyl sites for hydroxylation is 1.